The van der Waals surface area contributed by atoms with Gasteiger partial charge in [-0.1, -0.05) is 48.8 Å². The van der Waals surface area contributed by atoms with Crippen LogP contribution in [-0.4, -0.2) is 28.9 Å². The second-order valence-corrected chi connectivity index (χ2v) is 8.64. The standard InChI is InChI=1S/C13H26N2O2S2/c1-13(2,3)19-18-10-8-12(17)15-9-6-4-5-7-11(14)16/h4-10H2,1-3H3,(H2,14,16)(H,15,17). The van der Waals surface area contributed by atoms with Crippen molar-refractivity contribution in [2.45, 2.75) is 57.6 Å². The van der Waals surface area contributed by atoms with Crippen molar-refractivity contribution in [3.63, 3.8) is 0 Å². The molecule has 0 bridgehead atoms. The van der Waals surface area contributed by atoms with Gasteiger partial charge in [-0.05, 0) is 12.8 Å². The third-order valence-corrected chi connectivity index (χ3v) is 5.49. The van der Waals surface area contributed by atoms with Gasteiger partial charge < -0.3 is 11.1 Å². The van der Waals surface area contributed by atoms with E-state index in [2.05, 4.69) is 26.1 Å². The lowest BCUT2D eigenvalue weighted by Gasteiger charge is -2.15. The molecule has 6 heteroatoms. The molecule has 0 saturated carbocycles. The maximum absolute atomic E-state index is 11.5. The molecule has 0 aromatic carbocycles. The number of carbonyl (C=O) groups is 2. The Morgan fingerprint density at radius 3 is 2.37 bits per heavy atom. The highest BCUT2D eigenvalue weighted by atomic mass is 33.1. The van der Waals surface area contributed by atoms with Crippen LogP contribution in [0.3, 0.4) is 0 Å². The zero-order chi connectivity index (χ0) is 14.7. The van der Waals surface area contributed by atoms with Crippen LogP contribution in [0, 0.1) is 0 Å². The molecule has 3 N–H and O–H groups in total. The summed E-state index contributed by atoms with van der Waals surface area (Å²) in [5.41, 5.74) is 5.04. The smallest absolute Gasteiger partial charge is 0.220 e. The fourth-order valence-electron chi connectivity index (χ4n) is 1.27. The molecule has 0 aliphatic heterocycles. The van der Waals surface area contributed by atoms with Crippen molar-refractivity contribution < 1.29 is 9.59 Å². The fraction of sp³-hybridized carbons (Fsp3) is 0.846. The van der Waals surface area contributed by atoms with E-state index in [1.54, 1.807) is 21.6 Å². The van der Waals surface area contributed by atoms with Gasteiger partial charge in [-0.2, -0.15) is 0 Å². The molecule has 0 atom stereocenters. The molecule has 0 aliphatic rings. The van der Waals surface area contributed by atoms with Gasteiger partial charge in [0.05, 0.1) is 0 Å². The van der Waals surface area contributed by atoms with Gasteiger partial charge in [-0.3, -0.25) is 9.59 Å². The summed E-state index contributed by atoms with van der Waals surface area (Å²) in [6, 6.07) is 0. The SMILES string of the molecule is CC(C)(C)SSCCC(=O)NCCCCCC(N)=O. The highest BCUT2D eigenvalue weighted by Crippen LogP contribution is 2.35. The highest BCUT2D eigenvalue weighted by molar-refractivity contribution is 8.77. The van der Waals surface area contributed by atoms with Gasteiger partial charge in [0.15, 0.2) is 0 Å². The van der Waals surface area contributed by atoms with Crippen molar-refractivity contribution in [3.8, 4) is 0 Å². The maximum atomic E-state index is 11.5. The number of unbranched alkanes of at least 4 members (excludes halogenated alkanes) is 2. The number of carbonyl (C=O) groups excluding carboxylic acids is 2. The Labute approximate surface area is 124 Å². The number of amides is 2. The molecule has 19 heavy (non-hydrogen) atoms. The first-order chi connectivity index (χ1) is 8.81. The first-order valence-corrected chi connectivity index (χ1v) is 8.99. The monoisotopic (exact) mass is 306 g/mol. The first-order valence-electron chi connectivity index (χ1n) is 6.67. The van der Waals surface area contributed by atoms with E-state index < -0.39 is 0 Å². The fourth-order valence-corrected chi connectivity index (χ4v) is 3.54. The Hall–Kier alpha value is -0.360. The van der Waals surface area contributed by atoms with E-state index in [-0.39, 0.29) is 16.6 Å². The summed E-state index contributed by atoms with van der Waals surface area (Å²) in [4.78, 5) is 22.0. The van der Waals surface area contributed by atoms with Crippen molar-refractivity contribution in [3.05, 3.63) is 0 Å². The van der Waals surface area contributed by atoms with E-state index in [9.17, 15) is 9.59 Å². The quantitative estimate of drug-likeness (QED) is 0.481. The Bertz CT molecular complexity index is 278. The first kappa shape index (κ1) is 18.6. The molecule has 4 nitrogen and oxygen atoms in total. The molecule has 0 fully saturated rings. The molecule has 0 radical (unpaired) electrons. The van der Waals surface area contributed by atoms with E-state index in [1.807, 2.05) is 0 Å². The minimum atomic E-state index is -0.252. The highest BCUT2D eigenvalue weighted by Gasteiger charge is 2.11. The Kier molecular flexibility index (Phi) is 10.2. The number of nitrogens with two attached hydrogens (primary N) is 1. The van der Waals surface area contributed by atoms with Crippen LogP contribution in [0.25, 0.3) is 0 Å². The largest absolute Gasteiger partial charge is 0.370 e. The van der Waals surface area contributed by atoms with Crippen LogP contribution in [-0.2, 0) is 9.59 Å². The lowest BCUT2D eigenvalue weighted by molar-refractivity contribution is -0.121. The van der Waals surface area contributed by atoms with E-state index in [4.69, 9.17) is 5.73 Å². The van der Waals surface area contributed by atoms with Crippen LogP contribution in [0.1, 0.15) is 52.9 Å². The van der Waals surface area contributed by atoms with Crippen LogP contribution in [0.2, 0.25) is 0 Å². The van der Waals surface area contributed by atoms with Gasteiger partial charge in [0, 0.05) is 29.9 Å². The van der Waals surface area contributed by atoms with E-state index in [0.29, 0.717) is 19.4 Å². The van der Waals surface area contributed by atoms with Crippen molar-refractivity contribution >= 4 is 33.4 Å². The average Bonchev–Trinajstić information content (AvgIpc) is 2.27. The number of hydrogen-bond donors (Lipinski definition) is 2. The number of hydrogen-bond acceptors (Lipinski definition) is 4. The molecule has 0 aromatic rings. The molecular weight excluding hydrogens is 280 g/mol. The molecule has 0 unspecified atom stereocenters. The summed E-state index contributed by atoms with van der Waals surface area (Å²) >= 11 is 0. The number of primary amides is 1. The van der Waals surface area contributed by atoms with E-state index in [0.717, 1.165) is 25.0 Å². The molecule has 0 spiro atoms. The van der Waals surface area contributed by atoms with Crippen molar-refractivity contribution in [2.24, 2.45) is 5.73 Å². The Morgan fingerprint density at radius 2 is 1.79 bits per heavy atom. The van der Waals surface area contributed by atoms with Crippen LogP contribution in [0.5, 0.6) is 0 Å². The molecule has 0 aliphatic carbocycles. The third-order valence-electron chi connectivity index (χ3n) is 2.14. The summed E-state index contributed by atoms with van der Waals surface area (Å²) in [5, 5.41) is 2.89. The minimum absolute atomic E-state index is 0.108. The molecule has 2 amide bonds. The summed E-state index contributed by atoms with van der Waals surface area (Å²) in [6.07, 6.45) is 3.65. The molecular formula is C13H26N2O2S2. The maximum Gasteiger partial charge on any atom is 0.220 e. The van der Waals surface area contributed by atoms with Crippen molar-refractivity contribution in [1.82, 2.24) is 5.32 Å². The zero-order valence-corrected chi connectivity index (χ0v) is 13.8. The molecule has 0 heterocycles. The van der Waals surface area contributed by atoms with Crippen molar-refractivity contribution in [2.75, 3.05) is 12.3 Å². The van der Waals surface area contributed by atoms with Gasteiger partial charge in [0.25, 0.3) is 0 Å². The van der Waals surface area contributed by atoms with Crippen LogP contribution >= 0.6 is 21.6 Å². The zero-order valence-electron chi connectivity index (χ0n) is 12.2. The van der Waals surface area contributed by atoms with Crippen LogP contribution in [0.15, 0.2) is 0 Å². The Morgan fingerprint density at radius 1 is 1.11 bits per heavy atom. The van der Waals surface area contributed by atoms with Crippen molar-refractivity contribution in [1.29, 1.82) is 0 Å². The minimum Gasteiger partial charge on any atom is -0.370 e. The second kappa shape index (κ2) is 10.4. The predicted octanol–water partition coefficient (Wildman–Crippen LogP) is 2.72. The summed E-state index contributed by atoms with van der Waals surface area (Å²) < 4.78 is 0.238. The average molecular weight is 306 g/mol. The van der Waals surface area contributed by atoms with Gasteiger partial charge in [0.2, 0.25) is 11.8 Å². The van der Waals surface area contributed by atoms with Crippen LogP contribution < -0.4 is 11.1 Å². The summed E-state index contributed by atoms with van der Waals surface area (Å²) in [5.74, 6) is 0.699. The van der Waals surface area contributed by atoms with Gasteiger partial charge in [-0.25, -0.2) is 0 Å². The lowest BCUT2D eigenvalue weighted by atomic mass is 10.2. The summed E-state index contributed by atoms with van der Waals surface area (Å²) in [7, 11) is 3.55. The Balaban J connectivity index is 3.33. The molecule has 0 aromatic heterocycles. The molecule has 112 valence electrons. The third kappa shape index (κ3) is 15.6. The topological polar surface area (TPSA) is 72.2 Å². The molecule has 0 saturated heterocycles. The summed E-state index contributed by atoms with van der Waals surface area (Å²) in [6.45, 7) is 7.18. The number of rotatable bonds is 10. The van der Waals surface area contributed by atoms with Crippen LogP contribution in [0.4, 0.5) is 0 Å². The lowest BCUT2D eigenvalue weighted by Crippen LogP contribution is -2.24. The van der Waals surface area contributed by atoms with E-state index in [1.165, 1.54) is 0 Å². The second-order valence-electron chi connectivity index (χ2n) is 5.39. The number of nitrogens with one attached hydrogen (secondary N) is 1. The van der Waals surface area contributed by atoms with Gasteiger partial charge >= 0.3 is 0 Å². The normalized spacial score (nSPS) is 11.3. The van der Waals surface area contributed by atoms with E-state index >= 15 is 0 Å². The van der Waals surface area contributed by atoms with Gasteiger partial charge in [-0.15, -0.1) is 0 Å². The van der Waals surface area contributed by atoms with Gasteiger partial charge in [0.1, 0.15) is 0 Å². The molecule has 0 rings (SSSR count). The predicted molar refractivity (Wildman–Crippen MR) is 85.1 cm³/mol.